The molecule has 0 aliphatic heterocycles. The van der Waals surface area contributed by atoms with E-state index in [2.05, 4.69) is 10.9 Å². The third-order valence-corrected chi connectivity index (χ3v) is 6.42. The highest BCUT2D eigenvalue weighted by molar-refractivity contribution is 6.32. The van der Waals surface area contributed by atoms with Crippen molar-refractivity contribution in [2.75, 3.05) is 32.3 Å². The first-order valence-electron chi connectivity index (χ1n) is 12.5. The Balaban J connectivity index is 2.12. The topological polar surface area (TPSA) is 104 Å². The summed E-state index contributed by atoms with van der Waals surface area (Å²) in [6.45, 7) is 1.64. The molecule has 0 bridgehead atoms. The van der Waals surface area contributed by atoms with Crippen LogP contribution in [0.5, 0.6) is 5.75 Å². The number of hydrogen-bond donors (Lipinski definition) is 0. The molecule has 9 nitrogen and oxygen atoms in total. The molecule has 1 heterocycles. The van der Waals surface area contributed by atoms with E-state index in [1.165, 1.54) is 38.7 Å². The van der Waals surface area contributed by atoms with Gasteiger partial charge in [-0.2, -0.15) is 0 Å². The number of anilines is 1. The maximum Gasteiger partial charge on any atom is 0.339 e. The van der Waals surface area contributed by atoms with E-state index in [9.17, 15) is 14.4 Å². The highest BCUT2D eigenvalue weighted by Crippen LogP contribution is 2.36. The zero-order valence-corrected chi connectivity index (χ0v) is 23.3. The minimum Gasteiger partial charge on any atom is -0.476 e. The summed E-state index contributed by atoms with van der Waals surface area (Å²) in [5, 5.41) is -0.0376. The van der Waals surface area contributed by atoms with Gasteiger partial charge in [-0.05, 0) is 50.3 Å². The lowest BCUT2D eigenvalue weighted by molar-refractivity contribution is -0.140. The van der Waals surface area contributed by atoms with Gasteiger partial charge in [0.1, 0.15) is 18.2 Å². The minimum absolute atomic E-state index is 0.0237. The Bertz CT molecular complexity index is 1340. The molecule has 1 unspecified atom stereocenters. The summed E-state index contributed by atoms with van der Waals surface area (Å²) in [5.41, 5.74) is 0.827. The van der Waals surface area contributed by atoms with Crippen LogP contribution >= 0.6 is 11.6 Å². The van der Waals surface area contributed by atoms with Gasteiger partial charge in [0.15, 0.2) is 6.10 Å². The molecule has 0 saturated heterocycles. The number of aromatic nitrogens is 1. The number of benzene rings is 1. The predicted molar refractivity (Wildman–Crippen MR) is 145 cm³/mol. The molecule has 11 heteroatoms. The molecule has 0 saturated carbocycles. The second-order valence-corrected chi connectivity index (χ2v) is 9.33. The van der Waals surface area contributed by atoms with E-state index < -0.39 is 29.8 Å². The number of esters is 2. The van der Waals surface area contributed by atoms with Gasteiger partial charge in [-0.1, -0.05) is 17.5 Å². The number of nitrogens with zero attached hydrogens (tertiary/aromatic N) is 2. The van der Waals surface area contributed by atoms with E-state index in [-0.39, 0.29) is 59.3 Å². The molecular weight excluding hydrogens is 543 g/mol. The highest BCUT2D eigenvalue weighted by Gasteiger charge is 2.31. The molecule has 1 aromatic carbocycles. The molecule has 1 aromatic heterocycles. The molecule has 2 aromatic rings. The first kappa shape index (κ1) is 30.6. The number of carbonyl (C=O) groups is 3. The van der Waals surface area contributed by atoms with Crippen molar-refractivity contribution >= 4 is 35.1 Å². The van der Waals surface area contributed by atoms with E-state index >= 15 is 4.39 Å². The maximum atomic E-state index is 15.5. The summed E-state index contributed by atoms with van der Waals surface area (Å²) >= 11 is 6.21. The zero-order chi connectivity index (χ0) is 29.2. The lowest BCUT2D eigenvalue weighted by atomic mass is 9.90. The summed E-state index contributed by atoms with van der Waals surface area (Å²) in [7, 11) is 2.71. The highest BCUT2D eigenvalue weighted by atomic mass is 35.5. The Kier molecular flexibility index (Phi) is 11.1. The normalized spacial score (nSPS) is 13.7. The standard InChI is InChI=1S/C29H30ClFN2O7/c1-5-18(2)40-26-14-25(24(31)13-23(26)30)33(17-19-12-20(16-32-15-19)28(35)38-4)27(34)21-8-6-7-9-22(21)29(36)39-11-10-37-3/h1,12-16,18H,6-11,17H2,2-4H3. The van der Waals surface area contributed by atoms with E-state index in [1.54, 1.807) is 6.92 Å². The number of ether oxygens (including phenoxy) is 4. The average Bonchev–Trinajstić information content (AvgIpc) is 2.96. The van der Waals surface area contributed by atoms with Crippen LogP contribution in [0.2, 0.25) is 5.02 Å². The third-order valence-electron chi connectivity index (χ3n) is 6.13. The number of methoxy groups -OCH3 is 2. The molecule has 1 aliphatic carbocycles. The SMILES string of the molecule is C#CC(C)Oc1cc(N(Cc2cncc(C(=O)OC)c2)C(=O)C2=C(C(=O)OCCOC)CCCC2)c(F)cc1Cl. The Morgan fingerprint density at radius 3 is 2.50 bits per heavy atom. The zero-order valence-electron chi connectivity index (χ0n) is 22.5. The van der Waals surface area contributed by atoms with Gasteiger partial charge in [-0.15, -0.1) is 6.42 Å². The van der Waals surface area contributed by atoms with Crippen molar-refractivity contribution in [2.45, 2.75) is 45.3 Å². The molecule has 0 N–H and O–H groups in total. The van der Waals surface area contributed by atoms with Crippen molar-refractivity contribution in [3.05, 3.63) is 63.7 Å². The number of halogens is 2. The van der Waals surface area contributed by atoms with Crippen molar-refractivity contribution in [1.29, 1.82) is 0 Å². The largest absolute Gasteiger partial charge is 0.476 e. The van der Waals surface area contributed by atoms with Gasteiger partial charge in [-0.25, -0.2) is 14.0 Å². The molecule has 0 spiro atoms. The van der Waals surface area contributed by atoms with Crippen LogP contribution in [0, 0.1) is 18.2 Å². The lowest BCUT2D eigenvalue weighted by Crippen LogP contribution is -2.35. The van der Waals surface area contributed by atoms with E-state index in [0.29, 0.717) is 24.8 Å². The van der Waals surface area contributed by atoms with Gasteiger partial charge in [0.05, 0.1) is 36.5 Å². The second-order valence-electron chi connectivity index (χ2n) is 8.92. The van der Waals surface area contributed by atoms with Crippen LogP contribution in [-0.4, -0.2) is 56.4 Å². The summed E-state index contributed by atoms with van der Waals surface area (Å²) in [5.74, 6) is -0.199. The van der Waals surface area contributed by atoms with Gasteiger partial charge in [0, 0.05) is 36.7 Å². The molecular formula is C29H30ClFN2O7. The Hall–Kier alpha value is -3.94. The van der Waals surface area contributed by atoms with Crippen LogP contribution in [0.1, 0.15) is 48.5 Å². The molecule has 1 atom stereocenters. The fourth-order valence-corrected chi connectivity index (χ4v) is 4.32. The summed E-state index contributed by atoms with van der Waals surface area (Å²) < 4.78 is 36.1. The molecule has 0 fully saturated rings. The first-order chi connectivity index (χ1) is 19.2. The number of rotatable bonds is 11. The van der Waals surface area contributed by atoms with E-state index in [4.69, 9.17) is 37.0 Å². The smallest absolute Gasteiger partial charge is 0.339 e. The molecule has 0 radical (unpaired) electrons. The van der Waals surface area contributed by atoms with Crippen molar-refractivity contribution in [1.82, 2.24) is 4.98 Å². The summed E-state index contributed by atoms with van der Waals surface area (Å²) in [6.07, 6.45) is 9.45. The molecule has 1 amide bonds. The molecule has 3 rings (SSSR count). The summed E-state index contributed by atoms with van der Waals surface area (Å²) in [6, 6.07) is 3.79. The number of terminal acetylenes is 1. The monoisotopic (exact) mass is 572 g/mol. The van der Waals surface area contributed by atoms with Gasteiger partial charge in [0.2, 0.25) is 0 Å². The maximum absolute atomic E-state index is 15.5. The Morgan fingerprint density at radius 1 is 1.10 bits per heavy atom. The average molecular weight is 573 g/mol. The fraction of sp³-hybridized carbons (Fsp3) is 0.379. The van der Waals surface area contributed by atoms with Crippen molar-refractivity contribution < 1.29 is 37.7 Å². The number of carbonyl (C=O) groups excluding carboxylic acids is 3. The number of amides is 1. The van der Waals surface area contributed by atoms with E-state index in [1.807, 2.05) is 0 Å². The van der Waals surface area contributed by atoms with Crippen LogP contribution in [0.4, 0.5) is 10.1 Å². The Labute approximate surface area is 237 Å². The Morgan fingerprint density at radius 2 is 1.82 bits per heavy atom. The van der Waals surface area contributed by atoms with Crippen molar-refractivity contribution in [3.63, 3.8) is 0 Å². The molecule has 212 valence electrons. The van der Waals surface area contributed by atoms with Gasteiger partial charge in [-0.3, -0.25) is 9.78 Å². The number of pyridine rings is 1. The fourth-order valence-electron chi connectivity index (χ4n) is 4.13. The van der Waals surface area contributed by atoms with Crippen molar-refractivity contribution in [2.24, 2.45) is 0 Å². The number of hydrogen-bond acceptors (Lipinski definition) is 8. The minimum atomic E-state index is -0.809. The van der Waals surface area contributed by atoms with Crippen LogP contribution < -0.4 is 9.64 Å². The third kappa shape index (κ3) is 7.58. The predicted octanol–water partition coefficient (Wildman–Crippen LogP) is 4.65. The molecule has 40 heavy (non-hydrogen) atoms. The van der Waals surface area contributed by atoms with Crippen LogP contribution in [0.25, 0.3) is 0 Å². The van der Waals surface area contributed by atoms with Gasteiger partial charge < -0.3 is 23.8 Å². The van der Waals surface area contributed by atoms with Crippen molar-refractivity contribution in [3.8, 4) is 18.1 Å². The van der Waals surface area contributed by atoms with E-state index in [0.717, 1.165) is 11.0 Å². The lowest BCUT2D eigenvalue weighted by Gasteiger charge is -2.28. The quantitative estimate of drug-likeness (QED) is 0.218. The van der Waals surface area contributed by atoms with Crippen LogP contribution in [-0.2, 0) is 30.3 Å². The second kappa shape index (κ2) is 14.4. The first-order valence-corrected chi connectivity index (χ1v) is 12.9. The van der Waals surface area contributed by atoms with Crippen LogP contribution in [0.3, 0.4) is 0 Å². The van der Waals surface area contributed by atoms with Gasteiger partial charge in [0.25, 0.3) is 5.91 Å². The summed E-state index contributed by atoms with van der Waals surface area (Å²) in [4.78, 5) is 44.3. The van der Waals surface area contributed by atoms with Gasteiger partial charge >= 0.3 is 11.9 Å². The van der Waals surface area contributed by atoms with Crippen LogP contribution in [0.15, 0.2) is 41.7 Å². The molecule has 1 aliphatic rings.